The van der Waals surface area contributed by atoms with Crippen LogP contribution in [0.15, 0.2) is 4.52 Å². The van der Waals surface area contributed by atoms with Crippen molar-refractivity contribution in [3.05, 3.63) is 17.0 Å². The van der Waals surface area contributed by atoms with Gasteiger partial charge in [0.05, 0.1) is 5.69 Å². The fraction of sp³-hybridized carbons (Fsp3) is 0.714. The Bertz CT molecular complexity index is 431. The van der Waals surface area contributed by atoms with Gasteiger partial charge >= 0.3 is 0 Å². The molecule has 0 aromatic carbocycles. The lowest BCUT2D eigenvalue weighted by Crippen LogP contribution is -2.48. The molecule has 2 rings (SSSR count). The molecule has 1 saturated heterocycles. The molecule has 1 aliphatic heterocycles. The predicted octanol–water partition coefficient (Wildman–Crippen LogP) is 0.545. The first-order valence-electron chi connectivity index (χ1n) is 7.18. The van der Waals surface area contributed by atoms with Crippen LogP contribution >= 0.6 is 0 Å². The Morgan fingerprint density at radius 2 is 2.00 bits per heavy atom. The van der Waals surface area contributed by atoms with Crippen LogP contribution in [0.4, 0.5) is 0 Å². The Labute approximate surface area is 120 Å². The van der Waals surface area contributed by atoms with Crippen LogP contribution in [0.2, 0.25) is 0 Å². The second kappa shape index (κ2) is 6.85. The summed E-state index contributed by atoms with van der Waals surface area (Å²) in [6, 6.07) is 0. The minimum absolute atomic E-state index is 0.247. The number of hydrogen-bond donors (Lipinski definition) is 1. The maximum absolute atomic E-state index is 11.9. The van der Waals surface area contributed by atoms with Gasteiger partial charge in [0, 0.05) is 51.3 Å². The third-order valence-electron chi connectivity index (χ3n) is 3.88. The molecule has 1 aromatic rings. The van der Waals surface area contributed by atoms with Gasteiger partial charge in [-0.25, -0.2) is 0 Å². The molecule has 1 aromatic heterocycles. The molecule has 0 radical (unpaired) electrons. The molecule has 1 fully saturated rings. The van der Waals surface area contributed by atoms with Gasteiger partial charge in [0.1, 0.15) is 5.76 Å². The molecule has 112 valence electrons. The van der Waals surface area contributed by atoms with Crippen LogP contribution in [0, 0.1) is 13.8 Å². The molecule has 20 heavy (non-hydrogen) atoms. The quantitative estimate of drug-likeness (QED) is 0.853. The topological polar surface area (TPSA) is 61.6 Å². The van der Waals surface area contributed by atoms with Crippen molar-refractivity contribution in [2.45, 2.75) is 26.8 Å². The zero-order valence-corrected chi connectivity index (χ0v) is 12.6. The summed E-state index contributed by atoms with van der Waals surface area (Å²) in [4.78, 5) is 16.2. The van der Waals surface area contributed by atoms with Crippen molar-refractivity contribution in [1.29, 1.82) is 0 Å². The predicted molar refractivity (Wildman–Crippen MR) is 76.4 cm³/mol. The zero-order chi connectivity index (χ0) is 14.5. The van der Waals surface area contributed by atoms with E-state index in [2.05, 4.69) is 15.4 Å². The number of rotatable bonds is 5. The Morgan fingerprint density at radius 1 is 1.30 bits per heavy atom. The summed E-state index contributed by atoms with van der Waals surface area (Å²) in [5.74, 6) is 1.14. The van der Waals surface area contributed by atoms with E-state index in [1.165, 1.54) is 5.56 Å². The van der Waals surface area contributed by atoms with E-state index in [-0.39, 0.29) is 5.91 Å². The van der Waals surface area contributed by atoms with Crippen molar-refractivity contribution >= 4 is 5.91 Å². The lowest BCUT2D eigenvalue weighted by atomic mass is 10.1. The van der Waals surface area contributed by atoms with E-state index in [0.717, 1.165) is 50.7 Å². The largest absolute Gasteiger partial charge is 0.361 e. The highest BCUT2D eigenvalue weighted by Crippen LogP contribution is 2.16. The van der Waals surface area contributed by atoms with Crippen molar-refractivity contribution < 1.29 is 9.32 Å². The fourth-order valence-electron chi connectivity index (χ4n) is 2.50. The summed E-state index contributed by atoms with van der Waals surface area (Å²) in [6.45, 7) is 8.98. The van der Waals surface area contributed by atoms with Gasteiger partial charge in [-0.1, -0.05) is 5.16 Å². The maximum Gasteiger partial charge on any atom is 0.223 e. The van der Waals surface area contributed by atoms with E-state index in [4.69, 9.17) is 4.52 Å². The molecule has 6 heteroatoms. The molecular weight excluding hydrogens is 256 g/mol. The lowest BCUT2D eigenvalue weighted by molar-refractivity contribution is -0.132. The second-order valence-corrected chi connectivity index (χ2v) is 5.31. The van der Waals surface area contributed by atoms with Gasteiger partial charge in [0.2, 0.25) is 5.91 Å². The summed E-state index contributed by atoms with van der Waals surface area (Å²) >= 11 is 0. The number of nitrogens with zero attached hydrogens (tertiary/aromatic N) is 3. The average molecular weight is 280 g/mol. The van der Waals surface area contributed by atoms with Crippen LogP contribution < -0.4 is 5.32 Å². The number of piperazine rings is 1. The van der Waals surface area contributed by atoms with E-state index >= 15 is 0 Å². The standard InChI is InChI=1S/C14H24N4O2/c1-11-13(12(2)20-16-11)10-17-6-8-18(9-7-17)14(19)4-5-15-3/h15H,4-10H2,1-3H3. The Morgan fingerprint density at radius 3 is 2.55 bits per heavy atom. The summed E-state index contributed by atoms with van der Waals surface area (Å²) in [5, 5.41) is 7.00. The number of amides is 1. The molecular formula is C14H24N4O2. The lowest BCUT2D eigenvalue weighted by Gasteiger charge is -2.34. The highest BCUT2D eigenvalue weighted by atomic mass is 16.5. The molecule has 0 atom stereocenters. The van der Waals surface area contributed by atoms with Crippen LogP contribution in [-0.4, -0.2) is 60.6 Å². The van der Waals surface area contributed by atoms with Crippen molar-refractivity contribution in [3.8, 4) is 0 Å². The maximum atomic E-state index is 11.9. The zero-order valence-electron chi connectivity index (χ0n) is 12.6. The number of aryl methyl sites for hydroxylation is 2. The van der Waals surface area contributed by atoms with Crippen LogP contribution in [0.3, 0.4) is 0 Å². The number of aromatic nitrogens is 1. The molecule has 0 spiro atoms. The average Bonchev–Trinajstić information content (AvgIpc) is 2.77. The molecule has 0 saturated carbocycles. The van der Waals surface area contributed by atoms with Gasteiger partial charge in [-0.15, -0.1) is 0 Å². The highest BCUT2D eigenvalue weighted by molar-refractivity contribution is 5.76. The smallest absolute Gasteiger partial charge is 0.223 e. The van der Waals surface area contributed by atoms with Crippen LogP contribution in [0.5, 0.6) is 0 Å². The van der Waals surface area contributed by atoms with Gasteiger partial charge in [-0.2, -0.15) is 0 Å². The molecule has 1 aliphatic rings. The van der Waals surface area contributed by atoms with Crippen molar-refractivity contribution in [1.82, 2.24) is 20.3 Å². The second-order valence-electron chi connectivity index (χ2n) is 5.31. The van der Waals surface area contributed by atoms with E-state index in [0.29, 0.717) is 6.42 Å². The molecule has 6 nitrogen and oxygen atoms in total. The first kappa shape index (κ1) is 15.0. The van der Waals surface area contributed by atoms with Crippen molar-refractivity contribution in [2.24, 2.45) is 0 Å². The number of nitrogens with one attached hydrogen (secondary N) is 1. The van der Waals surface area contributed by atoms with Crippen LogP contribution in [0.25, 0.3) is 0 Å². The molecule has 1 amide bonds. The fourth-order valence-corrected chi connectivity index (χ4v) is 2.50. The first-order valence-corrected chi connectivity index (χ1v) is 7.18. The Hall–Kier alpha value is -1.40. The minimum atomic E-state index is 0.247. The number of hydrogen-bond acceptors (Lipinski definition) is 5. The van der Waals surface area contributed by atoms with Gasteiger partial charge in [0.15, 0.2) is 0 Å². The number of carbonyl (C=O) groups is 1. The molecule has 0 bridgehead atoms. The van der Waals surface area contributed by atoms with E-state index in [1.54, 1.807) is 0 Å². The normalized spacial score (nSPS) is 16.6. The molecule has 2 heterocycles. The molecule has 0 aliphatic carbocycles. The minimum Gasteiger partial charge on any atom is -0.361 e. The highest BCUT2D eigenvalue weighted by Gasteiger charge is 2.22. The molecule has 1 N–H and O–H groups in total. The Kier molecular flexibility index (Phi) is 5.14. The third kappa shape index (κ3) is 3.58. The van der Waals surface area contributed by atoms with Gasteiger partial charge in [-0.05, 0) is 20.9 Å². The Balaban J connectivity index is 1.81. The summed E-state index contributed by atoms with van der Waals surface area (Å²) in [6.07, 6.45) is 0.584. The van der Waals surface area contributed by atoms with E-state index < -0.39 is 0 Å². The molecule has 0 unspecified atom stereocenters. The SMILES string of the molecule is CNCCC(=O)N1CCN(Cc2c(C)noc2C)CC1. The van der Waals surface area contributed by atoms with E-state index in [9.17, 15) is 4.79 Å². The van der Waals surface area contributed by atoms with Crippen molar-refractivity contribution in [3.63, 3.8) is 0 Å². The summed E-state index contributed by atoms with van der Waals surface area (Å²) < 4.78 is 5.19. The van der Waals surface area contributed by atoms with Gasteiger partial charge < -0.3 is 14.7 Å². The number of carbonyl (C=O) groups excluding carboxylic acids is 1. The summed E-state index contributed by atoms with van der Waals surface area (Å²) in [7, 11) is 1.87. The van der Waals surface area contributed by atoms with Crippen LogP contribution in [0.1, 0.15) is 23.4 Å². The summed E-state index contributed by atoms with van der Waals surface area (Å²) in [5.41, 5.74) is 2.15. The van der Waals surface area contributed by atoms with Gasteiger partial charge in [0.25, 0.3) is 0 Å². The van der Waals surface area contributed by atoms with Crippen LogP contribution in [-0.2, 0) is 11.3 Å². The monoisotopic (exact) mass is 280 g/mol. The van der Waals surface area contributed by atoms with Crippen molar-refractivity contribution in [2.75, 3.05) is 39.8 Å². The van der Waals surface area contributed by atoms with E-state index in [1.807, 2.05) is 25.8 Å². The third-order valence-corrected chi connectivity index (χ3v) is 3.88. The first-order chi connectivity index (χ1) is 9.61. The van der Waals surface area contributed by atoms with Gasteiger partial charge in [-0.3, -0.25) is 9.69 Å².